The number of rotatable bonds is 2. The fourth-order valence-electron chi connectivity index (χ4n) is 3.28. The highest BCUT2D eigenvalue weighted by Gasteiger charge is 2.36. The van der Waals surface area contributed by atoms with E-state index >= 15 is 0 Å². The van der Waals surface area contributed by atoms with E-state index in [0.29, 0.717) is 17.5 Å². The summed E-state index contributed by atoms with van der Waals surface area (Å²) in [5.41, 5.74) is 0.390. The molecule has 0 bridgehead atoms. The standard InChI is InChI=1S/C13H18N4O3/c1-15-11(2-3-12(15)17(19)20)13(18)16-5-4-9-6-14-7-10(9)8-16/h2-3,9-10,14H,4-8H2,1H3. The van der Waals surface area contributed by atoms with Gasteiger partial charge in [0.2, 0.25) is 0 Å². The third-order valence-corrected chi connectivity index (χ3v) is 4.49. The van der Waals surface area contributed by atoms with E-state index in [4.69, 9.17) is 0 Å². The Bertz CT molecular complexity index is 554. The molecule has 7 nitrogen and oxygen atoms in total. The molecule has 0 radical (unpaired) electrons. The van der Waals surface area contributed by atoms with E-state index < -0.39 is 4.92 Å². The van der Waals surface area contributed by atoms with Crippen LogP contribution in [0, 0.1) is 22.0 Å². The summed E-state index contributed by atoms with van der Waals surface area (Å²) in [5, 5.41) is 14.2. The fourth-order valence-corrected chi connectivity index (χ4v) is 3.28. The van der Waals surface area contributed by atoms with Crippen LogP contribution in [0.15, 0.2) is 12.1 Å². The van der Waals surface area contributed by atoms with Crippen molar-refractivity contribution in [3.05, 3.63) is 27.9 Å². The minimum atomic E-state index is -0.468. The first-order chi connectivity index (χ1) is 9.58. The van der Waals surface area contributed by atoms with E-state index in [2.05, 4.69) is 5.32 Å². The van der Waals surface area contributed by atoms with Crippen molar-refractivity contribution in [2.24, 2.45) is 18.9 Å². The molecule has 2 atom stereocenters. The molecule has 2 saturated heterocycles. The van der Waals surface area contributed by atoms with Crippen molar-refractivity contribution in [3.63, 3.8) is 0 Å². The molecule has 3 heterocycles. The van der Waals surface area contributed by atoms with E-state index in [1.54, 1.807) is 13.1 Å². The van der Waals surface area contributed by atoms with Crippen molar-refractivity contribution >= 4 is 11.7 Å². The summed E-state index contributed by atoms with van der Waals surface area (Å²) >= 11 is 0. The Hall–Kier alpha value is -1.89. The van der Waals surface area contributed by atoms with Gasteiger partial charge in [-0.25, -0.2) is 4.57 Å². The van der Waals surface area contributed by atoms with Crippen LogP contribution in [-0.2, 0) is 7.05 Å². The SMILES string of the molecule is Cn1c(C(=O)N2CCC3CNCC3C2)ccc1[N+](=O)[O-]. The zero-order valence-electron chi connectivity index (χ0n) is 11.4. The number of nitro groups is 1. The first kappa shape index (κ1) is 13.1. The molecule has 3 rings (SSSR count). The van der Waals surface area contributed by atoms with Crippen molar-refractivity contribution in [2.45, 2.75) is 6.42 Å². The Balaban J connectivity index is 1.77. The largest absolute Gasteiger partial charge is 0.358 e. The number of piperidine rings is 1. The van der Waals surface area contributed by atoms with E-state index in [1.165, 1.54) is 10.6 Å². The van der Waals surface area contributed by atoms with Crippen LogP contribution in [0.4, 0.5) is 5.82 Å². The lowest BCUT2D eigenvalue weighted by molar-refractivity contribution is -0.391. The average molecular weight is 278 g/mol. The van der Waals surface area contributed by atoms with Crippen molar-refractivity contribution in [2.75, 3.05) is 26.2 Å². The lowest BCUT2D eigenvalue weighted by Crippen LogP contribution is -2.43. The fraction of sp³-hybridized carbons (Fsp3) is 0.615. The number of nitrogens with one attached hydrogen (secondary N) is 1. The molecule has 20 heavy (non-hydrogen) atoms. The van der Waals surface area contributed by atoms with E-state index in [9.17, 15) is 14.9 Å². The van der Waals surface area contributed by atoms with Gasteiger partial charge in [-0.1, -0.05) is 0 Å². The van der Waals surface area contributed by atoms with Crippen LogP contribution < -0.4 is 5.32 Å². The molecule has 2 unspecified atom stereocenters. The summed E-state index contributed by atoms with van der Waals surface area (Å²) in [6, 6.07) is 2.93. The molecule has 1 N–H and O–H groups in total. The maximum absolute atomic E-state index is 12.5. The van der Waals surface area contributed by atoms with Crippen molar-refractivity contribution in [1.82, 2.24) is 14.8 Å². The Kier molecular flexibility index (Phi) is 3.21. The molecule has 1 amide bonds. The second-order valence-electron chi connectivity index (χ2n) is 5.61. The number of hydrogen-bond acceptors (Lipinski definition) is 4. The van der Waals surface area contributed by atoms with E-state index in [0.717, 1.165) is 32.6 Å². The Labute approximate surface area is 116 Å². The highest BCUT2D eigenvalue weighted by Crippen LogP contribution is 2.28. The van der Waals surface area contributed by atoms with Crippen LogP contribution in [-0.4, -0.2) is 46.5 Å². The predicted molar refractivity (Wildman–Crippen MR) is 72.4 cm³/mol. The smallest absolute Gasteiger partial charge is 0.323 e. The zero-order valence-corrected chi connectivity index (χ0v) is 11.4. The summed E-state index contributed by atoms with van der Waals surface area (Å²) < 4.78 is 1.36. The van der Waals surface area contributed by atoms with E-state index in [-0.39, 0.29) is 11.7 Å². The molecule has 108 valence electrons. The van der Waals surface area contributed by atoms with Gasteiger partial charge in [-0.05, 0) is 42.3 Å². The quantitative estimate of drug-likeness (QED) is 0.635. The minimum Gasteiger partial charge on any atom is -0.358 e. The number of nitrogens with zero attached hydrogens (tertiary/aromatic N) is 3. The Morgan fingerprint density at radius 3 is 2.85 bits per heavy atom. The Morgan fingerprint density at radius 1 is 1.40 bits per heavy atom. The molecular formula is C13H18N4O3. The molecule has 0 spiro atoms. The number of hydrogen-bond donors (Lipinski definition) is 1. The number of carbonyl (C=O) groups is 1. The van der Waals surface area contributed by atoms with Crippen LogP contribution in [0.25, 0.3) is 0 Å². The van der Waals surface area contributed by atoms with Crippen LogP contribution in [0.1, 0.15) is 16.9 Å². The molecule has 2 aliphatic rings. The van der Waals surface area contributed by atoms with Gasteiger partial charge in [0.1, 0.15) is 0 Å². The monoisotopic (exact) mass is 278 g/mol. The maximum atomic E-state index is 12.5. The van der Waals surface area contributed by atoms with Gasteiger partial charge in [0.05, 0.1) is 7.05 Å². The lowest BCUT2D eigenvalue weighted by atomic mass is 9.88. The van der Waals surface area contributed by atoms with Gasteiger partial charge in [0.15, 0.2) is 5.69 Å². The first-order valence-corrected chi connectivity index (χ1v) is 6.88. The third-order valence-electron chi connectivity index (χ3n) is 4.49. The maximum Gasteiger partial charge on any atom is 0.323 e. The first-order valence-electron chi connectivity index (χ1n) is 6.88. The summed E-state index contributed by atoms with van der Waals surface area (Å²) in [5.74, 6) is 1.03. The van der Waals surface area contributed by atoms with Crippen molar-refractivity contribution in [1.29, 1.82) is 0 Å². The topological polar surface area (TPSA) is 80.4 Å². The lowest BCUT2D eigenvalue weighted by Gasteiger charge is -2.34. The highest BCUT2D eigenvalue weighted by atomic mass is 16.6. The second-order valence-corrected chi connectivity index (χ2v) is 5.61. The van der Waals surface area contributed by atoms with Crippen LogP contribution in [0.5, 0.6) is 0 Å². The molecule has 2 fully saturated rings. The van der Waals surface area contributed by atoms with E-state index in [1.807, 2.05) is 4.90 Å². The van der Waals surface area contributed by atoms with Crippen LogP contribution in [0.2, 0.25) is 0 Å². The van der Waals surface area contributed by atoms with Gasteiger partial charge in [0, 0.05) is 19.2 Å². The molecule has 0 saturated carbocycles. The summed E-state index contributed by atoms with van der Waals surface area (Å²) in [6.07, 6.45) is 1.01. The second kappa shape index (κ2) is 4.90. The number of likely N-dealkylation sites (tertiary alicyclic amines) is 1. The van der Waals surface area contributed by atoms with Gasteiger partial charge in [0.25, 0.3) is 5.91 Å². The van der Waals surface area contributed by atoms with Gasteiger partial charge in [-0.3, -0.25) is 4.79 Å². The normalized spacial score (nSPS) is 25.6. The minimum absolute atomic E-state index is 0.0502. The molecule has 1 aromatic rings. The number of fused-ring (bicyclic) bond motifs is 1. The summed E-state index contributed by atoms with van der Waals surface area (Å²) in [4.78, 5) is 24.7. The molecule has 2 aliphatic heterocycles. The molecule has 0 aliphatic carbocycles. The number of amides is 1. The predicted octanol–water partition coefficient (Wildman–Crippen LogP) is 0.615. The molecule has 0 aromatic carbocycles. The molecule has 1 aromatic heterocycles. The van der Waals surface area contributed by atoms with Gasteiger partial charge < -0.3 is 20.3 Å². The van der Waals surface area contributed by atoms with Crippen molar-refractivity contribution in [3.8, 4) is 0 Å². The number of aromatic nitrogens is 1. The van der Waals surface area contributed by atoms with Crippen LogP contribution in [0.3, 0.4) is 0 Å². The Morgan fingerprint density at radius 2 is 2.15 bits per heavy atom. The molecule has 7 heteroatoms. The van der Waals surface area contributed by atoms with Gasteiger partial charge >= 0.3 is 5.82 Å². The summed E-state index contributed by atoms with van der Waals surface area (Å²) in [7, 11) is 1.56. The molecular weight excluding hydrogens is 260 g/mol. The average Bonchev–Trinajstić information content (AvgIpc) is 3.03. The van der Waals surface area contributed by atoms with Gasteiger partial charge in [-0.15, -0.1) is 0 Å². The summed E-state index contributed by atoms with van der Waals surface area (Å²) in [6.45, 7) is 3.49. The highest BCUT2D eigenvalue weighted by molar-refractivity contribution is 5.93. The van der Waals surface area contributed by atoms with Crippen LogP contribution >= 0.6 is 0 Å². The zero-order chi connectivity index (χ0) is 14.3. The van der Waals surface area contributed by atoms with Crippen molar-refractivity contribution < 1.29 is 9.72 Å². The number of carbonyl (C=O) groups excluding carboxylic acids is 1. The van der Waals surface area contributed by atoms with Gasteiger partial charge in [-0.2, -0.15) is 0 Å². The third kappa shape index (κ3) is 2.07.